The van der Waals surface area contributed by atoms with E-state index >= 15 is 0 Å². The van der Waals surface area contributed by atoms with E-state index in [-0.39, 0.29) is 40.3 Å². The molecule has 0 unspecified atom stereocenters. The number of sulfone groups is 1. The second kappa shape index (κ2) is 9.03. The Morgan fingerprint density at radius 2 is 1.85 bits per heavy atom. The van der Waals surface area contributed by atoms with Crippen molar-refractivity contribution in [3.05, 3.63) is 23.8 Å². The Labute approximate surface area is 160 Å². The lowest BCUT2D eigenvalue weighted by molar-refractivity contribution is 0.0956. The highest BCUT2D eigenvalue weighted by Crippen LogP contribution is 2.27. The zero-order chi connectivity index (χ0) is 20.1. The van der Waals surface area contributed by atoms with Crippen LogP contribution in [0, 0.1) is 0 Å². The minimum atomic E-state index is -3.84. The van der Waals surface area contributed by atoms with Crippen LogP contribution in [0.1, 0.15) is 43.0 Å². The molecule has 1 amide bonds. The van der Waals surface area contributed by atoms with Crippen molar-refractivity contribution in [1.29, 1.82) is 0 Å². The highest BCUT2D eigenvalue weighted by molar-refractivity contribution is 7.91. The van der Waals surface area contributed by atoms with Crippen LogP contribution in [0.3, 0.4) is 0 Å². The predicted octanol–water partition coefficient (Wildman–Crippen LogP) is 1.08. The van der Waals surface area contributed by atoms with Gasteiger partial charge in [-0.05, 0) is 31.0 Å². The number of ether oxygens (including phenoxy) is 1. The van der Waals surface area contributed by atoms with Gasteiger partial charge in [0.15, 0.2) is 9.84 Å². The van der Waals surface area contributed by atoms with E-state index in [1.807, 2.05) is 0 Å². The van der Waals surface area contributed by atoms with Gasteiger partial charge >= 0.3 is 0 Å². The third-order valence-corrected chi connectivity index (χ3v) is 7.78. The SMILES string of the molecule is CCS(=O)(=O)CCNC(=O)c1ccc(OC)c(S(=O)(=O)NC2CCCC2)c1. The standard InChI is InChI=1S/C17H26N2O6S2/c1-3-26(21,22)11-10-18-17(20)13-8-9-15(25-2)16(12-13)27(23,24)19-14-6-4-5-7-14/h8-9,12,14,19H,3-7,10-11H2,1-2H3,(H,18,20). The molecule has 1 aliphatic carbocycles. The van der Waals surface area contributed by atoms with Crippen LogP contribution >= 0.6 is 0 Å². The van der Waals surface area contributed by atoms with Crippen LogP contribution in [0.2, 0.25) is 0 Å². The summed E-state index contributed by atoms with van der Waals surface area (Å²) >= 11 is 0. The van der Waals surface area contributed by atoms with Gasteiger partial charge in [-0.15, -0.1) is 0 Å². The third kappa shape index (κ3) is 5.91. The van der Waals surface area contributed by atoms with Gasteiger partial charge in [0.05, 0.1) is 12.9 Å². The second-order valence-corrected chi connectivity index (χ2v) is 10.6. The minimum absolute atomic E-state index is 0.000629. The Morgan fingerprint density at radius 3 is 2.44 bits per heavy atom. The van der Waals surface area contributed by atoms with Crippen LogP contribution in [0.4, 0.5) is 0 Å². The summed E-state index contributed by atoms with van der Waals surface area (Å²) < 4.78 is 56.2. The molecule has 10 heteroatoms. The molecule has 0 atom stereocenters. The first-order valence-electron chi connectivity index (χ1n) is 8.87. The van der Waals surface area contributed by atoms with Gasteiger partial charge in [0, 0.05) is 23.9 Å². The number of nitrogens with one attached hydrogen (secondary N) is 2. The average molecular weight is 419 g/mol. The van der Waals surface area contributed by atoms with Crippen LogP contribution in [-0.2, 0) is 19.9 Å². The molecule has 8 nitrogen and oxygen atoms in total. The van der Waals surface area contributed by atoms with Crippen LogP contribution < -0.4 is 14.8 Å². The normalized spacial score (nSPS) is 15.6. The summed E-state index contributed by atoms with van der Waals surface area (Å²) in [5, 5.41) is 2.50. The van der Waals surface area contributed by atoms with Crippen LogP contribution in [0.5, 0.6) is 5.75 Å². The van der Waals surface area contributed by atoms with Gasteiger partial charge in [-0.1, -0.05) is 19.8 Å². The van der Waals surface area contributed by atoms with E-state index in [1.54, 1.807) is 0 Å². The Hall–Kier alpha value is -1.65. The molecule has 1 fully saturated rings. The lowest BCUT2D eigenvalue weighted by atomic mass is 10.2. The van der Waals surface area contributed by atoms with Crippen molar-refractivity contribution in [2.24, 2.45) is 0 Å². The maximum atomic E-state index is 12.7. The van der Waals surface area contributed by atoms with E-state index in [1.165, 1.54) is 32.2 Å². The molecule has 27 heavy (non-hydrogen) atoms. The molecule has 0 heterocycles. The van der Waals surface area contributed by atoms with Crippen molar-refractivity contribution in [3.63, 3.8) is 0 Å². The summed E-state index contributed by atoms with van der Waals surface area (Å²) in [5.41, 5.74) is 0.122. The van der Waals surface area contributed by atoms with Crippen LogP contribution in [0.15, 0.2) is 23.1 Å². The molecule has 2 N–H and O–H groups in total. The van der Waals surface area contributed by atoms with E-state index in [0.29, 0.717) is 0 Å². The van der Waals surface area contributed by atoms with Gasteiger partial charge in [-0.25, -0.2) is 21.6 Å². The van der Waals surface area contributed by atoms with Gasteiger partial charge in [-0.3, -0.25) is 4.79 Å². The fraction of sp³-hybridized carbons (Fsp3) is 0.588. The Balaban J connectivity index is 2.17. The number of sulfonamides is 1. The molecule has 0 saturated heterocycles. The molecule has 0 aromatic heterocycles. The second-order valence-electron chi connectivity index (χ2n) is 6.46. The number of methoxy groups -OCH3 is 1. The first-order valence-corrected chi connectivity index (χ1v) is 12.2. The number of carbonyl (C=O) groups is 1. The number of hydrogen-bond acceptors (Lipinski definition) is 6. The topological polar surface area (TPSA) is 119 Å². The van der Waals surface area contributed by atoms with Gasteiger partial charge < -0.3 is 10.1 Å². The van der Waals surface area contributed by atoms with Gasteiger partial charge in [0.25, 0.3) is 5.91 Å². The molecule has 1 aliphatic rings. The Morgan fingerprint density at radius 1 is 1.19 bits per heavy atom. The fourth-order valence-corrected chi connectivity index (χ4v) is 5.12. The molecular weight excluding hydrogens is 392 g/mol. The maximum Gasteiger partial charge on any atom is 0.251 e. The maximum absolute atomic E-state index is 12.7. The smallest absolute Gasteiger partial charge is 0.251 e. The number of benzene rings is 1. The summed E-state index contributed by atoms with van der Waals surface area (Å²) in [4.78, 5) is 12.2. The molecule has 0 bridgehead atoms. The lowest BCUT2D eigenvalue weighted by Crippen LogP contribution is -2.33. The lowest BCUT2D eigenvalue weighted by Gasteiger charge is -2.15. The number of rotatable bonds is 9. The largest absolute Gasteiger partial charge is 0.495 e. The summed E-state index contributed by atoms with van der Waals surface area (Å²) in [6, 6.07) is 3.99. The van der Waals surface area contributed by atoms with Crippen molar-refractivity contribution in [1.82, 2.24) is 10.0 Å². The van der Waals surface area contributed by atoms with E-state index < -0.39 is 25.8 Å². The monoisotopic (exact) mass is 418 g/mol. The van der Waals surface area contributed by atoms with Crippen molar-refractivity contribution in [2.75, 3.05) is 25.2 Å². The summed E-state index contributed by atoms with van der Waals surface area (Å²) in [5.74, 6) is -0.563. The molecule has 1 saturated carbocycles. The highest BCUT2D eigenvalue weighted by Gasteiger charge is 2.26. The van der Waals surface area contributed by atoms with E-state index in [0.717, 1.165) is 25.7 Å². The van der Waals surface area contributed by atoms with Crippen LogP contribution in [0.25, 0.3) is 0 Å². The molecule has 1 aromatic carbocycles. The predicted molar refractivity (Wildman–Crippen MR) is 102 cm³/mol. The molecule has 2 rings (SSSR count). The summed E-state index contributed by atoms with van der Waals surface area (Å²) in [6.45, 7) is 1.50. The molecule has 0 radical (unpaired) electrons. The quantitative estimate of drug-likeness (QED) is 0.619. The summed E-state index contributed by atoms with van der Waals surface area (Å²) in [7, 11) is -5.67. The zero-order valence-electron chi connectivity index (χ0n) is 15.5. The molecule has 0 spiro atoms. The zero-order valence-corrected chi connectivity index (χ0v) is 17.2. The first-order chi connectivity index (χ1) is 12.7. The van der Waals surface area contributed by atoms with E-state index in [9.17, 15) is 21.6 Å². The third-order valence-electron chi connectivity index (χ3n) is 4.53. The summed E-state index contributed by atoms with van der Waals surface area (Å²) in [6.07, 6.45) is 3.53. The number of amides is 1. The van der Waals surface area contributed by atoms with Crippen LogP contribution in [-0.4, -0.2) is 53.9 Å². The molecule has 0 aliphatic heterocycles. The number of carbonyl (C=O) groups excluding carboxylic acids is 1. The average Bonchev–Trinajstić information content (AvgIpc) is 3.13. The highest BCUT2D eigenvalue weighted by atomic mass is 32.2. The Bertz CT molecular complexity index is 875. The van der Waals surface area contributed by atoms with Gasteiger partial charge in [0.2, 0.25) is 10.0 Å². The first kappa shape index (κ1) is 21.6. The van der Waals surface area contributed by atoms with E-state index in [2.05, 4.69) is 10.0 Å². The van der Waals surface area contributed by atoms with Crippen molar-refractivity contribution >= 4 is 25.8 Å². The van der Waals surface area contributed by atoms with E-state index in [4.69, 9.17) is 4.74 Å². The minimum Gasteiger partial charge on any atom is -0.495 e. The number of hydrogen-bond donors (Lipinski definition) is 2. The molecule has 152 valence electrons. The van der Waals surface area contributed by atoms with Crippen molar-refractivity contribution in [3.8, 4) is 5.75 Å². The van der Waals surface area contributed by atoms with Crippen molar-refractivity contribution in [2.45, 2.75) is 43.5 Å². The molecule has 1 aromatic rings. The Kier molecular flexibility index (Phi) is 7.24. The fourth-order valence-electron chi connectivity index (χ4n) is 2.92. The van der Waals surface area contributed by atoms with Gasteiger partial charge in [-0.2, -0.15) is 0 Å². The van der Waals surface area contributed by atoms with Crippen molar-refractivity contribution < 1.29 is 26.4 Å². The molecular formula is C17H26N2O6S2. The van der Waals surface area contributed by atoms with Gasteiger partial charge in [0.1, 0.15) is 10.6 Å².